The molecule has 5 heterocycles. The summed E-state index contributed by atoms with van der Waals surface area (Å²) >= 11 is 0. The molecular formula is C34H31N7O. The Balaban J connectivity index is 1.08. The first kappa shape index (κ1) is 26.1. The quantitative estimate of drug-likeness (QED) is 0.243. The van der Waals surface area contributed by atoms with Gasteiger partial charge in [0.15, 0.2) is 6.73 Å². The molecule has 2 aliphatic rings. The van der Waals surface area contributed by atoms with Crippen LogP contribution < -0.4 is 4.74 Å². The highest BCUT2D eigenvalue weighted by Crippen LogP contribution is 2.41. The number of fused-ring (bicyclic) bond motifs is 3. The summed E-state index contributed by atoms with van der Waals surface area (Å²) in [6, 6.07) is 25.1. The Morgan fingerprint density at radius 1 is 0.952 bits per heavy atom. The van der Waals surface area contributed by atoms with Gasteiger partial charge in [0.1, 0.15) is 17.6 Å². The molecule has 0 aliphatic carbocycles. The maximum absolute atomic E-state index is 9.16. The molecule has 0 radical (unpaired) electrons. The smallest absolute Gasteiger partial charge is 0.232 e. The fraction of sp³-hybridized carbons (Fsp3) is 0.265. The minimum Gasteiger partial charge on any atom is -0.472 e. The Morgan fingerprint density at radius 2 is 1.76 bits per heavy atom. The van der Waals surface area contributed by atoms with Gasteiger partial charge < -0.3 is 4.74 Å². The molecule has 2 aliphatic heterocycles. The zero-order chi connectivity index (χ0) is 28.5. The Morgan fingerprint density at radius 3 is 2.55 bits per heavy atom. The molecule has 0 spiro atoms. The van der Waals surface area contributed by atoms with Crippen LogP contribution in [0, 0.1) is 17.2 Å². The van der Waals surface area contributed by atoms with Crippen molar-refractivity contribution in [2.24, 2.45) is 5.92 Å². The molecular weight excluding hydrogens is 522 g/mol. The second kappa shape index (κ2) is 11.2. The maximum Gasteiger partial charge on any atom is 0.232 e. The van der Waals surface area contributed by atoms with E-state index >= 15 is 0 Å². The maximum atomic E-state index is 9.16. The molecule has 42 heavy (non-hydrogen) atoms. The number of hydrogen-bond acceptors (Lipinski definition) is 7. The normalized spacial score (nSPS) is 15.7. The first-order valence-corrected chi connectivity index (χ1v) is 14.5. The molecule has 0 N–H and O–H groups in total. The number of benzene rings is 2. The summed E-state index contributed by atoms with van der Waals surface area (Å²) in [4.78, 5) is 20.5. The van der Waals surface area contributed by atoms with Gasteiger partial charge >= 0.3 is 0 Å². The Hall–Kier alpha value is -4.87. The lowest BCUT2D eigenvalue weighted by Crippen LogP contribution is -2.34. The van der Waals surface area contributed by atoms with E-state index in [0.717, 1.165) is 77.8 Å². The summed E-state index contributed by atoms with van der Waals surface area (Å²) in [6.07, 6.45) is 7.51. The molecule has 8 nitrogen and oxygen atoms in total. The molecule has 208 valence electrons. The number of nitriles is 1. The molecule has 1 fully saturated rings. The van der Waals surface area contributed by atoms with Crippen molar-refractivity contribution in [3.63, 3.8) is 0 Å². The summed E-state index contributed by atoms with van der Waals surface area (Å²) in [5, 5.41) is 9.16. The Bertz CT molecular complexity index is 1750. The molecule has 8 heteroatoms. The number of pyridine rings is 1. The highest BCUT2D eigenvalue weighted by atomic mass is 16.5. The van der Waals surface area contributed by atoms with Crippen LogP contribution in [0.5, 0.6) is 5.75 Å². The third-order valence-electron chi connectivity index (χ3n) is 8.60. The summed E-state index contributed by atoms with van der Waals surface area (Å²) in [5.41, 5.74) is 7.36. The number of ether oxygens (including phenoxy) is 1. The molecule has 7 rings (SSSR count). The molecule has 5 aromatic rings. The van der Waals surface area contributed by atoms with E-state index in [-0.39, 0.29) is 5.82 Å². The predicted molar refractivity (Wildman–Crippen MR) is 160 cm³/mol. The minimum atomic E-state index is 0.252. The molecule has 1 unspecified atom stereocenters. The molecule has 0 amide bonds. The molecule has 1 atom stereocenters. The van der Waals surface area contributed by atoms with Crippen molar-refractivity contribution >= 4 is 0 Å². The van der Waals surface area contributed by atoms with Crippen LogP contribution in [0.3, 0.4) is 0 Å². The van der Waals surface area contributed by atoms with Crippen molar-refractivity contribution in [1.29, 1.82) is 5.26 Å². The molecule has 0 saturated carbocycles. The van der Waals surface area contributed by atoms with Crippen molar-refractivity contribution in [3.05, 3.63) is 102 Å². The van der Waals surface area contributed by atoms with Crippen LogP contribution in [-0.4, -0.2) is 42.5 Å². The van der Waals surface area contributed by atoms with E-state index in [9.17, 15) is 0 Å². The van der Waals surface area contributed by atoms with Crippen LogP contribution in [-0.2, 0) is 13.3 Å². The zero-order valence-electron chi connectivity index (χ0n) is 23.5. The van der Waals surface area contributed by atoms with Gasteiger partial charge in [-0.1, -0.05) is 61.5 Å². The van der Waals surface area contributed by atoms with Crippen molar-refractivity contribution in [3.8, 4) is 45.7 Å². The van der Waals surface area contributed by atoms with E-state index in [0.29, 0.717) is 18.6 Å². The Kier molecular flexibility index (Phi) is 6.94. The van der Waals surface area contributed by atoms with Crippen molar-refractivity contribution in [2.75, 3.05) is 13.1 Å². The summed E-state index contributed by atoms with van der Waals surface area (Å²) in [7, 11) is 0. The number of rotatable bonds is 6. The highest BCUT2D eigenvalue weighted by Gasteiger charge is 2.28. The van der Waals surface area contributed by atoms with Crippen LogP contribution in [0.4, 0.5) is 0 Å². The monoisotopic (exact) mass is 553 g/mol. The van der Waals surface area contributed by atoms with Gasteiger partial charge in [-0.05, 0) is 49.5 Å². The fourth-order valence-corrected chi connectivity index (χ4v) is 6.24. The van der Waals surface area contributed by atoms with Crippen LogP contribution in [0.15, 0.2) is 85.3 Å². The summed E-state index contributed by atoms with van der Waals surface area (Å²) in [6.45, 7) is 5.65. The third-order valence-corrected chi connectivity index (χ3v) is 8.60. The van der Waals surface area contributed by atoms with Crippen LogP contribution >= 0.6 is 0 Å². The van der Waals surface area contributed by atoms with E-state index in [4.69, 9.17) is 15.0 Å². The zero-order valence-corrected chi connectivity index (χ0v) is 23.5. The number of piperidine rings is 1. The van der Waals surface area contributed by atoms with E-state index in [1.165, 1.54) is 5.56 Å². The standard InChI is InChI=1S/C34H31N7O/c1-23(29-11-16-37-31(19-35)38-29)25-13-17-40(18-14-25)21-24-7-9-26(10-8-24)32-33(27-5-3-2-4-6-27)41-22-42-30-12-15-36-20-28(30)34(41)39-32/h2-12,15-16,20,23,25H,13-14,17-18,21-22H2,1H3. The third kappa shape index (κ3) is 4.93. The Labute approximate surface area is 245 Å². The number of hydrogen-bond donors (Lipinski definition) is 0. The van der Waals surface area contributed by atoms with E-state index in [2.05, 4.69) is 85.9 Å². The van der Waals surface area contributed by atoms with E-state index < -0.39 is 0 Å². The lowest BCUT2D eigenvalue weighted by Gasteiger charge is -2.34. The number of likely N-dealkylation sites (tertiary alicyclic amines) is 1. The molecule has 2 aromatic carbocycles. The average molecular weight is 554 g/mol. The van der Waals surface area contributed by atoms with Crippen LogP contribution in [0.25, 0.3) is 33.9 Å². The molecule has 0 bridgehead atoms. The van der Waals surface area contributed by atoms with Gasteiger partial charge in [-0.25, -0.2) is 15.0 Å². The van der Waals surface area contributed by atoms with Crippen molar-refractivity contribution in [2.45, 2.75) is 39.0 Å². The van der Waals surface area contributed by atoms with Gasteiger partial charge in [-0.2, -0.15) is 5.26 Å². The van der Waals surface area contributed by atoms with Gasteiger partial charge in [0.05, 0.1) is 17.0 Å². The summed E-state index contributed by atoms with van der Waals surface area (Å²) < 4.78 is 8.23. The van der Waals surface area contributed by atoms with Gasteiger partial charge in [-0.15, -0.1) is 0 Å². The average Bonchev–Trinajstić information content (AvgIpc) is 3.46. The van der Waals surface area contributed by atoms with Crippen molar-refractivity contribution in [1.82, 2.24) is 29.4 Å². The largest absolute Gasteiger partial charge is 0.472 e. The lowest BCUT2D eigenvalue weighted by atomic mass is 9.83. The van der Waals surface area contributed by atoms with Crippen molar-refractivity contribution < 1.29 is 4.74 Å². The SMILES string of the molecule is CC(c1ccnc(C#N)n1)C1CCN(Cc2ccc(-c3nc4n(c3-c3ccccc3)COc3ccncc3-4)cc2)CC1. The lowest BCUT2D eigenvalue weighted by molar-refractivity contribution is 0.164. The topological polar surface area (TPSA) is 92.8 Å². The second-order valence-corrected chi connectivity index (χ2v) is 11.1. The van der Waals surface area contributed by atoms with E-state index in [1.807, 2.05) is 24.4 Å². The van der Waals surface area contributed by atoms with E-state index in [1.54, 1.807) is 12.4 Å². The van der Waals surface area contributed by atoms with Crippen LogP contribution in [0.1, 0.15) is 42.8 Å². The molecule has 1 saturated heterocycles. The van der Waals surface area contributed by atoms with Gasteiger partial charge in [-0.3, -0.25) is 14.5 Å². The first-order valence-electron chi connectivity index (χ1n) is 14.5. The number of imidazole rings is 1. The van der Waals surface area contributed by atoms with Gasteiger partial charge in [0.25, 0.3) is 0 Å². The van der Waals surface area contributed by atoms with Crippen LogP contribution in [0.2, 0.25) is 0 Å². The fourth-order valence-electron chi connectivity index (χ4n) is 6.24. The highest BCUT2D eigenvalue weighted by molar-refractivity contribution is 5.83. The number of aromatic nitrogens is 5. The minimum absolute atomic E-state index is 0.252. The van der Waals surface area contributed by atoms with Gasteiger partial charge in [0, 0.05) is 47.9 Å². The molecule has 3 aromatic heterocycles. The van der Waals surface area contributed by atoms with Gasteiger partial charge in [0.2, 0.25) is 5.82 Å². The second-order valence-electron chi connectivity index (χ2n) is 11.1. The predicted octanol–water partition coefficient (Wildman–Crippen LogP) is 6.31. The number of nitrogens with zero attached hydrogens (tertiary/aromatic N) is 7. The first-order chi connectivity index (χ1) is 20.7. The summed E-state index contributed by atoms with van der Waals surface area (Å²) in [5.74, 6) is 2.81.